The van der Waals surface area contributed by atoms with Gasteiger partial charge in [0.1, 0.15) is 5.75 Å². The van der Waals surface area contributed by atoms with Crippen LogP contribution in [-0.4, -0.2) is 23.2 Å². The van der Waals surface area contributed by atoms with E-state index in [9.17, 15) is 9.90 Å². The summed E-state index contributed by atoms with van der Waals surface area (Å²) in [6, 6.07) is 7.20. The number of hydrogen-bond donors (Lipinski definition) is 0. The predicted molar refractivity (Wildman–Crippen MR) is 59.6 cm³/mol. The fourth-order valence-electron chi connectivity index (χ4n) is 1.44. The van der Waals surface area contributed by atoms with Crippen LogP contribution in [0.5, 0.6) is 5.75 Å². The average molecular weight is 270 g/mol. The van der Waals surface area contributed by atoms with Crippen LogP contribution in [0.2, 0.25) is 0 Å². The van der Waals surface area contributed by atoms with E-state index in [0.29, 0.717) is 11.6 Å². The standard InChI is InChI=1S/C12H12N2O4.Na/c1-17-9-4-2-3-8(7-9)12-13-10(18-14-12)5-6-11(15)16;/h2-4,7H,5-6H2,1H3,(H,15,16);/q;+1/p-1. The molecule has 0 bridgehead atoms. The SMILES string of the molecule is COc1cccc(-c2noc(CCC(=O)[O-])n2)c1.[Na+]. The van der Waals surface area contributed by atoms with Crippen LogP contribution in [0.15, 0.2) is 28.8 Å². The van der Waals surface area contributed by atoms with E-state index >= 15 is 0 Å². The van der Waals surface area contributed by atoms with Gasteiger partial charge in [0.15, 0.2) is 0 Å². The Morgan fingerprint density at radius 3 is 2.95 bits per heavy atom. The van der Waals surface area contributed by atoms with Crippen molar-refractivity contribution in [3.8, 4) is 17.1 Å². The molecule has 0 radical (unpaired) electrons. The second kappa shape index (κ2) is 7.28. The van der Waals surface area contributed by atoms with E-state index in [1.54, 1.807) is 19.2 Å². The number of aromatic nitrogens is 2. The molecule has 0 aliphatic carbocycles. The van der Waals surface area contributed by atoms with Gasteiger partial charge in [-0.25, -0.2) is 0 Å². The van der Waals surface area contributed by atoms with Crippen molar-refractivity contribution in [1.82, 2.24) is 10.1 Å². The molecular weight excluding hydrogens is 259 g/mol. The number of aliphatic carboxylic acids is 1. The number of aryl methyl sites for hydroxylation is 1. The van der Waals surface area contributed by atoms with E-state index in [4.69, 9.17) is 9.26 Å². The van der Waals surface area contributed by atoms with Gasteiger partial charge in [-0.15, -0.1) is 0 Å². The van der Waals surface area contributed by atoms with Crippen molar-refractivity contribution in [2.24, 2.45) is 0 Å². The van der Waals surface area contributed by atoms with Gasteiger partial charge in [-0.1, -0.05) is 17.3 Å². The first-order valence-corrected chi connectivity index (χ1v) is 5.36. The number of nitrogens with zero attached hydrogens (tertiary/aromatic N) is 2. The van der Waals surface area contributed by atoms with Crippen molar-refractivity contribution in [2.45, 2.75) is 12.8 Å². The Balaban J connectivity index is 0.00000180. The van der Waals surface area contributed by atoms with Gasteiger partial charge in [0, 0.05) is 18.0 Å². The number of carboxylic acid groups (broad SMARTS) is 1. The molecule has 0 saturated heterocycles. The molecule has 1 aromatic carbocycles. The largest absolute Gasteiger partial charge is 1.00 e. The summed E-state index contributed by atoms with van der Waals surface area (Å²) in [6.45, 7) is 0. The molecule has 0 aliphatic heterocycles. The smallest absolute Gasteiger partial charge is 0.550 e. The van der Waals surface area contributed by atoms with E-state index in [1.165, 1.54) is 0 Å². The van der Waals surface area contributed by atoms with Crippen LogP contribution >= 0.6 is 0 Å². The third-order valence-electron chi connectivity index (χ3n) is 2.34. The zero-order valence-electron chi connectivity index (χ0n) is 10.8. The molecule has 0 saturated carbocycles. The number of benzene rings is 1. The van der Waals surface area contributed by atoms with Crippen molar-refractivity contribution in [2.75, 3.05) is 7.11 Å². The van der Waals surface area contributed by atoms with E-state index in [0.717, 1.165) is 5.56 Å². The molecule has 0 unspecified atom stereocenters. The number of carboxylic acids is 1. The molecule has 7 heteroatoms. The summed E-state index contributed by atoms with van der Waals surface area (Å²) >= 11 is 0. The van der Waals surface area contributed by atoms with Crippen molar-refractivity contribution in [1.29, 1.82) is 0 Å². The minimum atomic E-state index is -1.14. The van der Waals surface area contributed by atoms with Crippen LogP contribution in [0.25, 0.3) is 11.4 Å². The van der Waals surface area contributed by atoms with Gasteiger partial charge < -0.3 is 19.2 Å². The van der Waals surface area contributed by atoms with Gasteiger partial charge in [-0.2, -0.15) is 4.98 Å². The molecule has 0 amide bonds. The van der Waals surface area contributed by atoms with E-state index < -0.39 is 5.97 Å². The molecule has 0 aliphatic rings. The molecule has 0 fully saturated rings. The molecule has 19 heavy (non-hydrogen) atoms. The van der Waals surface area contributed by atoms with Crippen molar-refractivity contribution < 1.29 is 48.7 Å². The van der Waals surface area contributed by atoms with E-state index in [2.05, 4.69) is 10.1 Å². The first-order chi connectivity index (χ1) is 8.69. The fraction of sp³-hybridized carbons (Fsp3) is 0.250. The molecular formula is C12H11N2NaO4. The van der Waals surface area contributed by atoms with Crippen LogP contribution in [0.4, 0.5) is 0 Å². The maximum Gasteiger partial charge on any atom is 1.00 e. The molecule has 1 aromatic heterocycles. The Morgan fingerprint density at radius 1 is 1.47 bits per heavy atom. The number of rotatable bonds is 5. The quantitative estimate of drug-likeness (QED) is 0.555. The summed E-state index contributed by atoms with van der Waals surface area (Å²) in [7, 11) is 1.57. The van der Waals surface area contributed by atoms with Gasteiger partial charge in [0.05, 0.1) is 7.11 Å². The van der Waals surface area contributed by atoms with Crippen LogP contribution < -0.4 is 39.4 Å². The Kier molecular flexibility index (Phi) is 6.01. The number of carbonyl (C=O) groups excluding carboxylic acids is 1. The van der Waals surface area contributed by atoms with Crippen molar-refractivity contribution >= 4 is 5.97 Å². The van der Waals surface area contributed by atoms with E-state index in [-0.39, 0.29) is 48.3 Å². The summed E-state index contributed by atoms with van der Waals surface area (Å²) in [5.41, 5.74) is 0.748. The summed E-state index contributed by atoms with van der Waals surface area (Å²) in [5.74, 6) is 0.226. The summed E-state index contributed by atoms with van der Waals surface area (Å²) < 4.78 is 10.0. The van der Waals surface area contributed by atoms with Crippen molar-refractivity contribution in [3.05, 3.63) is 30.2 Å². The Labute approximate surface area is 132 Å². The zero-order valence-corrected chi connectivity index (χ0v) is 12.8. The third kappa shape index (κ3) is 4.34. The second-order valence-electron chi connectivity index (χ2n) is 3.62. The fourth-order valence-corrected chi connectivity index (χ4v) is 1.44. The van der Waals surface area contributed by atoms with Gasteiger partial charge in [-0.05, 0) is 18.6 Å². The van der Waals surface area contributed by atoms with Crippen LogP contribution in [0, 0.1) is 0 Å². The predicted octanol–water partition coefficient (Wildman–Crippen LogP) is -2.57. The average Bonchev–Trinajstić information content (AvgIpc) is 2.85. The minimum Gasteiger partial charge on any atom is -0.550 e. The van der Waals surface area contributed by atoms with Gasteiger partial charge >= 0.3 is 29.6 Å². The number of methoxy groups -OCH3 is 1. The van der Waals surface area contributed by atoms with Crippen LogP contribution in [0.3, 0.4) is 0 Å². The molecule has 0 spiro atoms. The molecule has 6 nitrogen and oxygen atoms in total. The van der Waals surface area contributed by atoms with Gasteiger partial charge in [-0.3, -0.25) is 0 Å². The normalized spacial score (nSPS) is 9.74. The van der Waals surface area contributed by atoms with Gasteiger partial charge in [0.25, 0.3) is 0 Å². The van der Waals surface area contributed by atoms with E-state index in [1.807, 2.05) is 12.1 Å². The Morgan fingerprint density at radius 2 is 2.26 bits per heavy atom. The second-order valence-corrected chi connectivity index (χ2v) is 3.62. The molecule has 0 N–H and O–H groups in total. The van der Waals surface area contributed by atoms with Crippen LogP contribution in [0.1, 0.15) is 12.3 Å². The topological polar surface area (TPSA) is 88.3 Å². The molecule has 2 rings (SSSR count). The molecule has 94 valence electrons. The third-order valence-corrected chi connectivity index (χ3v) is 2.34. The van der Waals surface area contributed by atoms with Crippen LogP contribution in [-0.2, 0) is 11.2 Å². The first-order valence-electron chi connectivity index (χ1n) is 5.36. The summed E-state index contributed by atoms with van der Waals surface area (Å²) in [4.78, 5) is 14.4. The molecule has 2 aromatic rings. The Bertz CT molecular complexity index is 556. The molecule has 0 atom stereocenters. The summed E-state index contributed by atoms with van der Waals surface area (Å²) in [6.07, 6.45) is 0.0268. The minimum absolute atomic E-state index is 0. The maximum atomic E-state index is 10.3. The number of hydrogen-bond acceptors (Lipinski definition) is 6. The summed E-state index contributed by atoms with van der Waals surface area (Å²) in [5, 5.41) is 14.1. The number of carbonyl (C=O) groups is 1. The monoisotopic (exact) mass is 270 g/mol. The molecule has 1 heterocycles. The number of ether oxygens (including phenoxy) is 1. The first kappa shape index (κ1) is 15.7. The Hall–Kier alpha value is -1.37. The van der Waals surface area contributed by atoms with Crippen molar-refractivity contribution in [3.63, 3.8) is 0 Å². The maximum absolute atomic E-state index is 10.3. The van der Waals surface area contributed by atoms with Gasteiger partial charge in [0.2, 0.25) is 11.7 Å². The zero-order chi connectivity index (χ0) is 13.0.